The summed E-state index contributed by atoms with van der Waals surface area (Å²) in [5, 5.41) is 11.0. The fourth-order valence-corrected chi connectivity index (χ4v) is 2.23. The summed E-state index contributed by atoms with van der Waals surface area (Å²) in [4.78, 5) is 14.5. The second-order valence-electron chi connectivity index (χ2n) is 5.03. The van der Waals surface area contributed by atoms with Crippen molar-refractivity contribution in [2.24, 2.45) is 5.92 Å². The standard InChI is InChI=1S/C16H15ClN2O2S/c1-10(2)4-3-5-13-14(20)18-16(22)19(15(13)21)12-8-6-11(17)7-9-12/h4-10,21H,1-2H3,(H,18,20,22). The van der Waals surface area contributed by atoms with E-state index < -0.39 is 5.56 Å². The van der Waals surface area contributed by atoms with E-state index in [-0.39, 0.29) is 16.2 Å². The van der Waals surface area contributed by atoms with E-state index in [4.69, 9.17) is 23.8 Å². The summed E-state index contributed by atoms with van der Waals surface area (Å²) in [6.45, 7) is 3.98. The first-order chi connectivity index (χ1) is 10.4. The lowest BCUT2D eigenvalue weighted by molar-refractivity contribution is 0.432. The zero-order valence-corrected chi connectivity index (χ0v) is 13.7. The van der Waals surface area contributed by atoms with Crippen molar-refractivity contribution in [3.63, 3.8) is 0 Å². The zero-order chi connectivity index (χ0) is 16.3. The molecule has 0 amide bonds. The fraction of sp³-hybridized carbons (Fsp3) is 0.188. The quantitative estimate of drug-likeness (QED) is 0.657. The minimum atomic E-state index is -0.461. The van der Waals surface area contributed by atoms with E-state index >= 15 is 0 Å². The SMILES string of the molecule is CC(C)C=C=Cc1c(O)n(-c2ccc(Cl)cc2)c(=S)[nH]c1=O. The second-order valence-corrected chi connectivity index (χ2v) is 5.85. The molecule has 114 valence electrons. The predicted molar refractivity (Wildman–Crippen MR) is 91.3 cm³/mol. The molecule has 0 unspecified atom stereocenters. The molecule has 0 saturated carbocycles. The first kappa shape index (κ1) is 16.3. The van der Waals surface area contributed by atoms with E-state index in [0.29, 0.717) is 16.6 Å². The Hall–Kier alpha value is -2.07. The third kappa shape index (κ3) is 3.57. The molecule has 1 aromatic heterocycles. The molecule has 0 spiro atoms. The van der Waals surface area contributed by atoms with Gasteiger partial charge in [-0.15, -0.1) is 5.73 Å². The minimum Gasteiger partial charge on any atom is -0.494 e. The van der Waals surface area contributed by atoms with E-state index in [9.17, 15) is 9.90 Å². The van der Waals surface area contributed by atoms with Gasteiger partial charge in [-0.2, -0.15) is 0 Å². The molecule has 1 aromatic carbocycles. The molecule has 0 aliphatic heterocycles. The molecule has 0 fully saturated rings. The number of aromatic hydroxyl groups is 1. The molecule has 6 heteroatoms. The van der Waals surface area contributed by atoms with Crippen LogP contribution in [0.4, 0.5) is 0 Å². The van der Waals surface area contributed by atoms with Crippen LogP contribution < -0.4 is 5.56 Å². The summed E-state index contributed by atoms with van der Waals surface area (Å²) in [7, 11) is 0. The van der Waals surface area contributed by atoms with Gasteiger partial charge in [0.2, 0.25) is 5.88 Å². The van der Waals surface area contributed by atoms with Crippen molar-refractivity contribution in [3.05, 3.63) is 61.8 Å². The Morgan fingerprint density at radius 3 is 2.59 bits per heavy atom. The molecule has 0 saturated heterocycles. The van der Waals surface area contributed by atoms with Crippen LogP contribution in [0.3, 0.4) is 0 Å². The van der Waals surface area contributed by atoms with Gasteiger partial charge >= 0.3 is 0 Å². The molecule has 2 N–H and O–H groups in total. The van der Waals surface area contributed by atoms with Gasteiger partial charge in [0.05, 0.1) is 5.69 Å². The summed E-state index contributed by atoms with van der Waals surface area (Å²) < 4.78 is 1.48. The van der Waals surface area contributed by atoms with Crippen LogP contribution in [0.2, 0.25) is 5.02 Å². The Labute approximate surface area is 138 Å². The molecule has 0 radical (unpaired) electrons. The van der Waals surface area contributed by atoms with E-state index in [1.807, 2.05) is 13.8 Å². The number of hydrogen-bond acceptors (Lipinski definition) is 3. The maximum atomic E-state index is 12.0. The van der Waals surface area contributed by atoms with Gasteiger partial charge in [0.1, 0.15) is 5.56 Å². The predicted octanol–water partition coefficient (Wildman–Crippen LogP) is 4.08. The van der Waals surface area contributed by atoms with E-state index in [1.54, 1.807) is 30.3 Å². The molecule has 0 bridgehead atoms. The van der Waals surface area contributed by atoms with Gasteiger partial charge in [-0.1, -0.05) is 25.4 Å². The summed E-state index contributed by atoms with van der Waals surface area (Å²) in [5.41, 5.74) is 3.13. The smallest absolute Gasteiger partial charge is 0.263 e. The van der Waals surface area contributed by atoms with Crippen molar-refractivity contribution in [1.82, 2.24) is 9.55 Å². The first-order valence-electron chi connectivity index (χ1n) is 6.67. The molecule has 0 aliphatic rings. The number of H-pyrrole nitrogens is 1. The number of aromatic amines is 1. The monoisotopic (exact) mass is 334 g/mol. The Morgan fingerprint density at radius 2 is 2.00 bits per heavy atom. The van der Waals surface area contributed by atoms with Crippen LogP contribution in [0.5, 0.6) is 5.88 Å². The number of benzene rings is 1. The van der Waals surface area contributed by atoms with E-state index in [2.05, 4.69) is 10.7 Å². The lowest BCUT2D eigenvalue weighted by Gasteiger charge is -2.11. The zero-order valence-electron chi connectivity index (χ0n) is 12.1. The number of allylic oxidation sites excluding steroid dienone is 1. The Balaban J connectivity index is 2.66. The topological polar surface area (TPSA) is 58.0 Å². The molecule has 2 aromatic rings. The molecule has 4 nitrogen and oxygen atoms in total. The van der Waals surface area contributed by atoms with Gasteiger partial charge in [0, 0.05) is 5.02 Å². The minimum absolute atomic E-state index is 0.0976. The lowest BCUT2D eigenvalue weighted by Crippen LogP contribution is -2.15. The van der Waals surface area contributed by atoms with Crippen LogP contribution >= 0.6 is 23.8 Å². The van der Waals surface area contributed by atoms with Gasteiger partial charge in [-0.3, -0.25) is 14.3 Å². The van der Waals surface area contributed by atoms with Gasteiger partial charge in [-0.05, 0) is 54.6 Å². The number of rotatable bonds is 3. The van der Waals surface area contributed by atoms with Gasteiger partial charge < -0.3 is 5.11 Å². The number of nitrogens with zero attached hydrogens (tertiary/aromatic N) is 1. The maximum Gasteiger partial charge on any atom is 0.263 e. The molecule has 22 heavy (non-hydrogen) atoms. The van der Waals surface area contributed by atoms with Gasteiger partial charge in [0.25, 0.3) is 5.56 Å². The van der Waals surface area contributed by atoms with E-state index in [0.717, 1.165) is 0 Å². The first-order valence-corrected chi connectivity index (χ1v) is 7.45. The summed E-state index contributed by atoms with van der Waals surface area (Å²) in [5.74, 6) is 0.0554. The molecule has 2 rings (SSSR count). The number of hydrogen-bond donors (Lipinski definition) is 2. The highest BCUT2D eigenvalue weighted by atomic mass is 35.5. The molecular formula is C16H15ClN2O2S. The highest BCUT2D eigenvalue weighted by molar-refractivity contribution is 7.71. The van der Waals surface area contributed by atoms with Crippen molar-refractivity contribution in [2.75, 3.05) is 0 Å². The average molecular weight is 335 g/mol. The molecule has 0 aliphatic carbocycles. The largest absolute Gasteiger partial charge is 0.494 e. The Kier molecular flexibility index (Phi) is 5.03. The van der Waals surface area contributed by atoms with Crippen molar-refractivity contribution in [1.29, 1.82) is 0 Å². The Morgan fingerprint density at radius 1 is 1.36 bits per heavy atom. The second kappa shape index (κ2) is 6.79. The van der Waals surface area contributed by atoms with Crippen molar-refractivity contribution in [2.45, 2.75) is 13.8 Å². The molecule has 0 atom stereocenters. The van der Waals surface area contributed by atoms with Crippen LogP contribution in [-0.2, 0) is 0 Å². The molecular weight excluding hydrogens is 320 g/mol. The number of halogens is 1. The normalized spacial score (nSPS) is 10.4. The number of nitrogens with one attached hydrogen (secondary N) is 1. The lowest BCUT2D eigenvalue weighted by atomic mass is 10.2. The average Bonchev–Trinajstić information content (AvgIpc) is 2.44. The number of aromatic nitrogens is 2. The van der Waals surface area contributed by atoms with Crippen molar-refractivity contribution < 1.29 is 5.11 Å². The fourth-order valence-electron chi connectivity index (χ4n) is 1.82. The van der Waals surface area contributed by atoms with Crippen molar-refractivity contribution in [3.8, 4) is 11.6 Å². The third-order valence-electron chi connectivity index (χ3n) is 2.86. The van der Waals surface area contributed by atoms with E-state index in [1.165, 1.54) is 10.6 Å². The highest BCUT2D eigenvalue weighted by Gasteiger charge is 2.11. The summed E-state index contributed by atoms with van der Waals surface area (Å²) in [6, 6.07) is 6.76. The van der Waals surface area contributed by atoms with Crippen molar-refractivity contribution >= 4 is 29.9 Å². The Bertz CT molecular complexity index is 857. The summed E-state index contributed by atoms with van der Waals surface area (Å²) >= 11 is 11.0. The molecule has 1 heterocycles. The third-order valence-corrected chi connectivity index (χ3v) is 3.40. The van der Waals surface area contributed by atoms with Gasteiger partial charge in [-0.25, -0.2) is 0 Å². The highest BCUT2D eigenvalue weighted by Crippen LogP contribution is 2.21. The van der Waals surface area contributed by atoms with Crippen LogP contribution in [0.15, 0.2) is 40.9 Å². The maximum absolute atomic E-state index is 12.0. The van der Waals surface area contributed by atoms with Crippen LogP contribution in [0.1, 0.15) is 19.4 Å². The van der Waals surface area contributed by atoms with Crippen LogP contribution in [0.25, 0.3) is 11.8 Å². The van der Waals surface area contributed by atoms with Gasteiger partial charge in [0.15, 0.2) is 4.77 Å². The van der Waals surface area contributed by atoms with Crippen LogP contribution in [0, 0.1) is 10.7 Å². The summed E-state index contributed by atoms with van der Waals surface area (Å²) in [6.07, 6.45) is 3.24. The van der Waals surface area contributed by atoms with Crippen LogP contribution in [-0.4, -0.2) is 14.7 Å².